The number of hydrogen-bond donors (Lipinski definition) is 1. The molecule has 0 unspecified atom stereocenters. The fraction of sp³-hybridized carbons (Fsp3) is 0.333. The standard InChI is InChI=1S/C9H10BrCl.C9H11ClO/c10-7-1-2-8-3-5-9(11)6-4-8;10-9-5-3-8(4-6-9)2-1-7-11/h3-6H,1-2,7H2;3-6,11H,1-2,7H2. The van der Waals surface area contributed by atoms with Crippen molar-refractivity contribution in [3.63, 3.8) is 0 Å². The maximum atomic E-state index is 8.56. The Morgan fingerprint density at radius 3 is 1.50 bits per heavy atom. The molecule has 2 aromatic carbocycles. The topological polar surface area (TPSA) is 20.2 Å². The predicted octanol–water partition coefficient (Wildman–Crippen LogP) is 5.93. The highest BCUT2D eigenvalue weighted by atomic mass is 79.9. The molecule has 0 spiro atoms. The van der Waals surface area contributed by atoms with Crippen molar-refractivity contribution in [1.82, 2.24) is 0 Å². The molecule has 0 amide bonds. The lowest BCUT2D eigenvalue weighted by Crippen LogP contribution is -1.88. The van der Waals surface area contributed by atoms with E-state index in [0.717, 1.165) is 34.6 Å². The van der Waals surface area contributed by atoms with E-state index in [9.17, 15) is 0 Å². The van der Waals surface area contributed by atoms with Crippen LogP contribution in [0.25, 0.3) is 0 Å². The van der Waals surface area contributed by atoms with Gasteiger partial charge in [0, 0.05) is 22.0 Å². The second kappa shape index (κ2) is 12.0. The molecule has 120 valence electrons. The van der Waals surface area contributed by atoms with Gasteiger partial charge in [-0.1, -0.05) is 63.4 Å². The van der Waals surface area contributed by atoms with Gasteiger partial charge in [0.25, 0.3) is 0 Å². The van der Waals surface area contributed by atoms with Crippen molar-refractivity contribution in [2.45, 2.75) is 25.7 Å². The summed E-state index contributed by atoms with van der Waals surface area (Å²) >= 11 is 14.8. The minimum atomic E-state index is 0.253. The van der Waals surface area contributed by atoms with Crippen LogP contribution >= 0.6 is 39.1 Å². The molecule has 0 radical (unpaired) electrons. The Labute approximate surface area is 151 Å². The van der Waals surface area contributed by atoms with Gasteiger partial charge in [0.05, 0.1) is 0 Å². The van der Waals surface area contributed by atoms with Crippen molar-refractivity contribution in [3.05, 3.63) is 69.7 Å². The second-order valence-corrected chi connectivity index (χ2v) is 6.54. The van der Waals surface area contributed by atoms with Crippen molar-refractivity contribution in [2.75, 3.05) is 11.9 Å². The van der Waals surface area contributed by atoms with Crippen LogP contribution < -0.4 is 0 Å². The third kappa shape index (κ3) is 8.79. The normalized spacial score (nSPS) is 10.0. The molecule has 2 rings (SSSR count). The number of halogens is 3. The number of hydrogen-bond acceptors (Lipinski definition) is 1. The maximum Gasteiger partial charge on any atom is 0.0434 e. The Morgan fingerprint density at radius 1 is 0.727 bits per heavy atom. The summed E-state index contributed by atoms with van der Waals surface area (Å²) in [6.07, 6.45) is 4.05. The first-order valence-electron chi connectivity index (χ1n) is 7.31. The summed E-state index contributed by atoms with van der Waals surface area (Å²) in [5, 5.41) is 11.2. The molecule has 0 fully saturated rings. The Kier molecular flexibility index (Phi) is 10.6. The van der Waals surface area contributed by atoms with Gasteiger partial charge in [0.1, 0.15) is 0 Å². The number of aryl methyl sites for hydroxylation is 2. The molecule has 0 atom stereocenters. The van der Waals surface area contributed by atoms with Gasteiger partial charge in [0.15, 0.2) is 0 Å². The average Bonchev–Trinajstić information content (AvgIpc) is 2.54. The molecule has 0 aromatic heterocycles. The van der Waals surface area contributed by atoms with Gasteiger partial charge in [-0.3, -0.25) is 0 Å². The van der Waals surface area contributed by atoms with Gasteiger partial charge >= 0.3 is 0 Å². The molecule has 0 saturated carbocycles. The van der Waals surface area contributed by atoms with Crippen LogP contribution in [-0.2, 0) is 12.8 Å². The molecule has 1 nitrogen and oxygen atoms in total. The van der Waals surface area contributed by atoms with Crippen molar-refractivity contribution in [2.24, 2.45) is 0 Å². The van der Waals surface area contributed by atoms with Crippen LogP contribution in [-0.4, -0.2) is 17.0 Å². The summed E-state index contributed by atoms with van der Waals surface area (Å²) in [5.74, 6) is 0. The second-order valence-electron chi connectivity index (χ2n) is 4.87. The molecule has 0 aliphatic carbocycles. The summed E-state index contributed by atoms with van der Waals surface area (Å²) < 4.78 is 0. The highest BCUT2D eigenvalue weighted by Crippen LogP contribution is 2.11. The van der Waals surface area contributed by atoms with Crippen molar-refractivity contribution in [3.8, 4) is 0 Å². The zero-order chi connectivity index (χ0) is 16.2. The minimum Gasteiger partial charge on any atom is -0.396 e. The summed E-state index contributed by atoms with van der Waals surface area (Å²) in [4.78, 5) is 0. The Morgan fingerprint density at radius 2 is 1.14 bits per heavy atom. The van der Waals surface area contributed by atoms with E-state index in [4.69, 9.17) is 28.3 Å². The molecule has 0 heterocycles. The molecule has 0 saturated heterocycles. The number of benzene rings is 2. The van der Waals surface area contributed by atoms with Crippen molar-refractivity contribution < 1.29 is 5.11 Å². The summed E-state index contributed by atoms with van der Waals surface area (Å²) in [7, 11) is 0. The highest BCUT2D eigenvalue weighted by molar-refractivity contribution is 9.09. The van der Waals surface area contributed by atoms with E-state index in [1.807, 2.05) is 36.4 Å². The van der Waals surface area contributed by atoms with Crippen LogP contribution in [0.1, 0.15) is 24.0 Å². The van der Waals surface area contributed by atoms with Crippen LogP contribution in [0.5, 0.6) is 0 Å². The SMILES string of the molecule is Clc1ccc(CCCBr)cc1.OCCCc1ccc(Cl)cc1. The van der Waals surface area contributed by atoms with Crippen LogP contribution in [0.4, 0.5) is 0 Å². The molecule has 4 heteroatoms. The van der Waals surface area contributed by atoms with Gasteiger partial charge in [0.2, 0.25) is 0 Å². The lowest BCUT2D eigenvalue weighted by Gasteiger charge is -1.97. The average molecular weight is 404 g/mol. The minimum absolute atomic E-state index is 0.253. The molecule has 0 aliphatic rings. The predicted molar refractivity (Wildman–Crippen MR) is 100 cm³/mol. The third-order valence-corrected chi connectivity index (χ3v) is 4.11. The van der Waals surface area contributed by atoms with E-state index >= 15 is 0 Å². The maximum absolute atomic E-state index is 8.56. The van der Waals surface area contributed by atoms with Crippen LogP contribution in [0.3, 0.4) is 0 Å². The zero-order valence-corrected chi connectivity index (χ0v) is 15.5. The summed E-state index contributed by atoms with van der Waals surface area (Å²) in [6, 6.07) is 15.7. The number of rotatable bonds is 6. The van der Waals surface area contributed by atoms with Gasteiger partial charge in [-0.2, -0.15) is 0 Å². The van der Waals surface area contributed by atoms with Gasteiger partial charge in [-0.05, 0) is 61.1 Å². The highest BCUT2D eigenvalue weighted by Gasteiger charge is 1.92. The molecule has 0 aliphatic heterocycles. The van der Waals surface area contributed by atoms with E-state index in [2.05, 4.69) is 28.1 Å². The lowest BCUT2D eigenvalue weighted by molar-refractivity contribution is 0.288. The molecule has 22 heavy (non-hydrogen) atoms. The Hall–Kier alpha value is -0.540. The van der Waals surface area contributed by atoms with Crippen molar-refractivity contribution >= 4 is 39.1 Å². The Balaban J connectivity index is 0.000000220. The lowest BCUT2D eigenvalue weighted by atomic mass is 10.1. The quantitative estimate of drug-likeness (QED) is 0.592. The first-order chi connectivity index (χ1) is 10.7. The van der Waals surface area contributed by atoms with Crippen LogP contribution in [0.2, 0.25) is 10.0 Å². The Bertz CT molecular complexity index is 462. The van der Waals surface area contributed by atoms with Gasteiger partial charge in [-0.25, -0.2) is 0 Å². The monoisotopic (exact) mass is 402 g/mol. The fourth-order valence-corrected chi connectivity index (χ4v) is 2.39. The van der Waals surface area contributed by atoms with E-state index in [1.54, 1.807) is 0 Å². The van der Waals surface area contributed by atoms with Crippen LogP contribution in [0, 0.1) is 0 Å². The molecule has 1 N–H and O–H groups in total. The smallest absolute Gasteiger partial charge is 0.0434 e. The first kappa shape index (κ1) is 19.5. The van der Waals surface area contributed by atoms with Crippen LogP contribution in [0.15, 0.2) is 48.5 Å². The largest absolute Gasteiger partial charge is 0.396 e. The van der Waals surface area contributed by atoms with E-state index < -0.39 is 0 Å². The molecular formula is C18H21BrCl2O. The number of alkyl halides is 1. The van der Waals surface area contributed by atoms with E-state index in [0.29, 0.717) is 0 Å². The van der Waals surface area contributed by atoms with Gasteiger partial charge < -0.3 is 5.11 Å². The first-order valence-corrected chi connectivity index (χ1v) is 9.19. The summed E-state index contributed by atoms with van der Waals surface area (Å²) in [6.45, 7) is 0.253. The molecule has 0 bridgehead atoms. The van der Waals surface area contributed by atoms with Gasteiger partial charge in [-0.15, -0.1) is 0 Å². The number of aliphatic hydroxyl groups excluding tert-OH is 1. The summed E-state index contributed by atoms with van der Waals surface area (Å²) in [5.41, 5.74) is 2.58. The third-order valence-electron chi connectivity index (χ3n) is 3.05. The molecular weight excluding hydrogens is 383 g/mol. The van der Waals surface area contributed by atoms with E-state index in [-0.39, 0.29) is 6.61 Å². The van der Waals surface area contributed by atoms with E-state index in [1.165, 1.54) is 17.5 Å². The number of aliphatic hydroxyl groups is 1. The molecule has 2 aromatic rings. The van der Waals surface area contributed by atoms with Crippen molar-refractivity contribution in [1.29, 1.82) is 0 Å². The fourth-order valence-electron chi connectivity index (χ4n) is 1.86. The zero-order valence-electron chi connectivity index (χ0n) is 12.4.